The average Bonchev–Trinajstić information content (AvgIpc) is 3.26. The van der Waals surface area contributed by atoms with Crippen LogP contribution in [-0.4, -0.2) is 12.6 Å². The molecule has 1 aromatic rings. The fraction of sp³-hybridized carbons (Fsp3) is 0.647. The lowest BCUT2D eigenvalue weighted by Gasteiger charge is -2.38. The summed E-state index contributed by atoms with van der Waals surface area (Å²) < 4.78 is 26.4. The van der Waals surface area contributed by atoms with Crippen molar-refractivity contribution in [1.82, 2.24) is 5.32 Å². The van der Waals surface area contributed by atoms with E-state index in [0.29, 0.717) is 6.04 Å². The molecule has 0 unspecified atom stereocenters. The van der Waals surface area contributed by atoms with Crippen LogP contribution in [0.3, 0.4) is 0 Å². The molecule has 110 valence electrons. The average molecular weight is 279 g/mol. The molecule has 1 aromatic carbocycles. The van der Waals surface area contributed by atoms with Gasteiger partial charge in [-0.15, -0.1) is 0 Å². The number of benzene rings is 1. The summed E-state index contributed by atoms with van der Waals surface area (Å²) in [6.45, 7) is 1.02. The number of nitrogens with one attached hydrogen (secondary N) is 1. The first-order valence-corrected chi connectivity index (χ1v) is 7.84. The summed E-state index contributed by atoms with van der Waals surface area (Å²) >= 11 is 0. The van der Waals surface area contributed by atoms with Gasteiger partial charge < -0.3 is 5.32 Å². The molecule has 0 spiro atoms. The standard InChI is InChI=1S/C17H23F2N/c18-15-7-4-13(10-16(15)19)11-17(8-2-1-3-9-17)12-20-14-5-6-14/h4,7,10,14,20H,1-3,5-6,8-9,11-12H2. The maximum atomic E-state index is 13.4. The highest BCUT2D eigenvalue weighted by Gasteiger charge is 2.34. The van der Waals surface area contributed by atoms with Gasteiger partial charge in [-0.25, -0.2) is 8.78 Å². The van der Waals surface area contributed by atoms with Crippen LogP contribution >= 0.6 is 0 Å². The van der Waals surface area contributed by atoms with Gasteiger partial charge in [0.15, 0.2) is 11.6 Å². The number of halogens is 2. The van der Waals surface area contributed by atoms with Crippen LogP contribution in [0, 0.1) is 17.0 Å². The Hall–Kier alpha value is -0.960. The Morgan fingerprint density at radius 3 is 2.45 bits per heavy atom. The van der Waals surface area contributed by atoms with Crippen LogP contribution in [0.1, 0.15) is 50.5 Å². The molecule has 0 bridgehead atoms. The smallest absolute Gasteiger partial charge is 0.159 e. The molecule has 1 N–H and O–H groups in total. The third kappa shape index (κ3) is 3.38. The lowest BCUT2D eigenvalue weighted by molar-refractivity contribution is 0.180. The second kappa shape index (κ2) is 5.80. The molecule has 3 heteroatoms. The Bertz CT molecular complexity index is 462. The molecule has 2 aliphatic carbocycles. The van der Waals surface area contributed by atoms with Crippen molar-refractivity contribution in [3.8, 4) is 0 Å². The van der Waals surface area contributed by atoms with Gasteiger partial charge in [0.2, 0.25) is 0 Å². The minimum atomic E-state index is -0.748. The van der Waals surface area contributed by atoms with Crippen LogP contribution in [0.5, 0.6) is 0 Å². The van der Waals surface area contributed by atoms with Gasteiger partial charge >= 0.3 is 0 Å². The van der Waals surface area contributed by atoms with Gasteiger partial charge in [-0.05, 0) is 55.2 Å². The lowest BCUT2D eigenvalue weighted by Crippen LogP contribution is -2.38. The zero-order valence-electron chi connectivity index (χ0n) is 11.9. The minimum Gasteiger partial charge on any atom is -0.313 e. The van der Waals surface area contributed by atoms with Crippen LogP contribution in [0.25, 0.3) is 0 Å². The summed E-state index contributed by atoms with van der Waals surface area (Å²) in [5, 5.41) is 3.65. The predicted octanol–water partition coefficient (Wildman–Crippen LogP) is 4.21. The first-order chi connectivity index (χ1) is 9.67. The van der Waals surface area contributed by atoms with Crippen molar-refractivity contribution in [3.05, 3.63) is 35.4 Å². The SMILES string of the molecule is Fc1ccc(CC2(CNC3CC3)CCCCC2)cc1F. The highest BCUT2D eigenvalue weighted by molar-refractivity contribution is 5.19. The van der Waals surface area contributed by atoms with Crippen LogP contribution in [0.4, 0.5) is 8.78 Å². The number of rotatable bonds is 5. The molecule has 2 fully saturated rings. The third-order valence-electron chi connectivity index (χ3n) is 4.82. The second-order valence-corrected chi connectivity index (χ2v) is 6.64. The Labute approximate surface area is 119 Å². The van der Waals surface area contributed by atoms with Gasteiger partial charge in [0.1, 0.15) is 0 Å². The summed E-state index contributed by atoms with van der Waals surface area (Å²) in [4.78, 5) is 0. The molecule has 2 saturated carbocycles. The van der Waals surface area contributed by atoms with Gasteiger partial charge in [0, 0.05) is 12.6 Å². The minimum absolute atomic E-state index is 0.241. The molecule has 2 aliphatic rings. The fourth-order valence-electron chi connectivity index (χ4n) is 3.45. The molecule has 0 atom stereocenters. The molecule has 0 aliphatic heterocycles. The predicted molar refractivity (Wildman–Crippen MR) is 76.6 cm³/mol. The monoisotopic (exact) mass is 279 g/mol. The summed E-state index contributed by atoms with van der Waals surface area (Å²) in [5.74, 6) is -1.47. The zero-order chi connectivity index (χ0) is 14.0. The first kappa shape index (κ1) is 14.0. The second-order valence-electron chi connectivity index (χ2n) is 6.64. The van der Waals surface area contributed by atoms with Gasteiger partial charge in [-0.1, -0.05) is 25.3 Å². The Kier molecular flexibility index (Phi) is 4.06. The molecule has 0 amide bonds. The van der Waals surface area contributed by atoms with Gasteiger partial charge in [-0.2, -0.15) is 0 Å². The van der Waals surface area contributed by atoms with Crippen LogP contribution in [0.2, 0.25) is 0 Å². The Balaban J connectivity index is 1.71. The number of hydrogen-bond acceptors (Lipinski definition) is 1. The topological polar surface area (TPSA) is 12.0 Å². The van der Waals surface area contributed by atoms with Gasteiger partial charge in [-0.3, -0.25) is 0 Å². The highest BCUT2D eigenvalue weighted by Crippen LogP contribution is 2.39. The van der Waals surface area contributed by atoms with Crippen molar-refractivity contribution in [2.45, 2.75) is 57.4 Å². The summed E-state index contributed by atoms with van der Waals surface area (Å²) in [6.07, 6.45) is 9.68. The third-order valence-corrected chi connectivity index (χ3v) is 4.82. The van der Waals surface area contributed by atoms with E-state index in [1.807, 2.05) is 0 Å². The summed E-state index contributed by atoms with van der Waals surface area (Å²) in [7, 11) is 0. The van der Waals surface area contributed by atoms with E-state index in [2.05, 4.69) is 5.32 Å². The molecule has 1 nitrogen and oxygen atoms in total. The maximum absolute atomic E-state index is 13.4. The van der Waals surface area contributed by atoms with E-state index in [1.54, 1.807) is 6.07 Å². The number of hydrogen-bond donors (Lipinski definition) is 1. The van der Waals surface area contributed by atoms with E-state index in [1.165, 1.54) is 57.1 Å². The molecule has 20 heavy (non-hydrogen) atoms. The van der Waals surface area contributed by atoms with E-state index in [0.717, 1.165) is 18.5 Å². The Morgan fingerprint density at radius 1 is 1.05 bits per heavy atom. The van der Waals surface area contributed by atoms with Crippen molar-refractivity contribution < 1.29 is 8.78 Å². The maximum Gasteiger partial charge on any atom is 0.159 e. The largest absolute Gasteiger partial charge is 0.313 e. The van der Waals surface area contributed by atoms with Crippen molar-refractivity contribution in [2.24, 2.45) is 5.41 Å². The first-order valence-electron chi connectivity index (χ1n) is 7.84. The van der Waals surface area contributed by atoms with Crippen LogP contribution < -0.4 is 5.32 Å². The van der Waals surface area contributed by atoms with E-state index >= 15 is 0 Å². The lowest BCUT2D eigenvalue weighted by atomic mass is 9.70. The van der Waals surface area contributed by atoms with Crippen molar-refractivity contribution >= 4 is 0 Å². The van der Waals surface area contributed by atoms with E-state index < -0.39 is 11.6 Å². The molecule has 0 radical (unpaired) electrons. The van der Waals surface area contributed by atoms with E-state index in [9.17, 15) is 8.78 Å². The van der Waals surface area contributed by atoms with Crippen LogP contribution in [0.15, 0.2) is 18.2 Å². The highest BCUT2D eigenvalue weighted by atomic mass is 19.2. The Morgan fingerprint density at radius 2 is 1.80 bits per heavy atom. The normalized spacial score (nSPS) is 21.9. The summed E-state index contributed by atoms with van der Waals surface area (Å²) in [5.41, 5.74) is 1.17. The van der Waals surface area contributed by atoms with E-state index in [4.69, 9.17) is 0 Å². The quantitative estimate of drug-likeness (QED) is 0.851. The van der Waals surface area contributed by atoms with Gasteiger partial charge in [0.25, 0.3) is 0 Å². The fourth-order valence-corrected chi connectivity index (χ4v) is 3.45. The zero-order valence-corrected chi connectivity index (χ0v) is 11.9. The molecule has 0 heterocycles. The molecule has 0 saturated heterocycles. The molecule has 0 aromatic heterocycles. The van der Waals surface area contributed by atoms with Crippen molar-refractivity contribution in [3.63, 3.8) is 0 Å². The van der Waals surface area contributed by atoms with Crippen LogP contribution in [-0.2, 0) is 6.42 Å². The van der Waals surface area contributed by atoms with Crippen molar-refractivity contribution in [2.75, 3.05) is 6.54 Å². The van der Waals surface area contributed by atoms with Crippen molar-refractivity contribution in [1.29, 1.82) is 0 Å². The molecular formula is C17H23F2N. The summed E-state index contributed by atoms with van der Waals surface area (Å²) in [6, 6.07) is 5.09. The molecule has 3 rings (SSSR count). The molecular weight excluding hydrogens is 256 g/mol. The van der Waals surface area contributed by atoms with Gasteiger partial charge in [0.05, 0.1) is 0 Å². The van der Waals surface area contributed by atoms with E-state index in [-0.39, 0.29) is 5.41 Å².